The number of carboxylic acid groups (broad SMARTS) is 1. The average molecular weight is 305 g/mol. The van der Waals surface area contributed by atoms with Crippen molar-refractivity contribution < 1.29 is 33.0 Å². The van der Waals surface area contributed by atoms with E-state index in [-0.39, 0.29) is 23.5 Å². The number of alkyl halides is 3. The van der Waals surface area contributed by atoms with Crippen LogP contribution in [0.3, 0.4) is 0 Å². The van der Waals surface area contributed by atoms with Crippen LogP contribution >= 0.6 is 0 Å². The summed E-state index contributed by atoms with van der Waals surface area (Å²) in [6.07, 6.45) is -4.96. The van der Waals surface area contributed by atoms with Crippen molar-refractivity contribution in [3.05, 3.63) is 29.8 Å². The van der Waals surface area contributed by atoms with Gasteiger partial charge in [-0.15, -0.1) is 0 Å². The maximum absolute atomic E-state index is 12.3. The van der Waals surface area contributed by atoms with Crippen molar-refractivity contribution in [3.63, 3.8) is 0 Å². The standard InChI is InChI=1S/C13H14F3NO4/c14-13(15,16)8-17(7-12(20)21)11(19)6-5-9-3-1-2-4-10(9)18/h1-4,18H,5-8H2,(H,20,21). The lowest BCUT2D eigenvalue weighted by Gasteiger charge is -2.22. The van der Waals surface area contributed by atoms with Crippen molar-refractivity contribution in [2.24, 2.45) is 0 Å². The van der Waals surface area contributed by atoms with E-state index in [1.54, 1.807) is 12.1 Å². The van der Waals surface area contributed by atoms with E-state index in [9.17, 15) is 27.9 Å². The molecule has 0 bridgehead atoms. The van der Waals surface area contributed by atoms with Crippen molar-refractivity contribution in [2.75, 3.05) is 13.1 Å². The van der Waals surface area contributed by atoms with E-state index in [0.717, 1.165) is 0 Å². The van der Waals surface area contributed by atoms with Gasteiger partial charge in [-0.25, -0.2) is 0 Å². The van der Waals surface area contributed by atoms with Gasteiger partial charge in [-0.05, 0) is 18.1 Å². The molecule has 1 amide bonds. The Labute approximate surface area is 118 Å². The molecule has 0 heterocycles. The van der Waals surface area contributed by atoms with Gasteiger partial charge in [0.1, 0.15) is 18.8 Å². The summed E-state index contributed by atoms with van der Waals surface area (Å²) in [5, 5.41) is 18.1. The number of halogens is 3. The third-order valence-electron chi connectivity index (χ3n) is 2.65. The number of para-hydroxylation sites is 1. The normalized spacial score (nSPS) is 11.2. The van der Waals surface area contributed by atoms with Gasteiger partial charge in [0, 0.05) is 6.42 Å². The molecule has 0 saturated heterocycles. The van der Waals surface area contributed by atoms with Gasteiger partial charge in [-0.2, -0.15) is 13.2 Å². The van der Waals surface area contributed by atoms with E-state index in [2.05, 4.69) is 0 Å². The smallest absolute Gasteiger partial charge is 0.406 e. The molecular formula is C13H14F3NO4. The molecule has 1 aromatic rings. The van der Waals surface area contributed by atoms with Crippen LogP contribution in [0.1, 0.15) is 12.0 Å². The first-order valence-corrected chi connectivity index (χ1v) is 6.02. The lowest BCUT2D eigenvalue weighted by Crippen LogP contribution is -2.42. The number of benzene rings is 1. The summed E-state index contributed by atoms with van der Waals surface area (Å²) in [4.78, 5) is 22.5. The van der Waals surface area contributed by atoms with Crippen molar-refractivity contribution in [1.29, 1.82) is 0 Å². The second-order valence-corrected chi connectivity index (χ2v) is 4.39. The fourth-order valence-corrected chi connectivity index (χ4v) is 1.73. The van der Waals surface area contributed by atoms with Gasteiger partial charge in [0.25, 0.3) is 0 Å². The zero-order chi connectivity index (χ0) is 16.0. The Morgan fingerprint density at radius 2 is 1.81 bits per heavy atom. The quantitative estimate of drug-likeness (QED) is 0.840. The molecule has 116 valence electrons. The first-order chi connectivity index (χ1) is 9.69. The molecule has 0 spiro atoms. The number of phenolic OH excluding ortho intramolecular Hbond substituents is 1. The minimum Gasteiger partial charge on any atom is -0.508 e. The number of aliphatic carboxylic acids is 1. The highest BCUT2D eigenvalue weighted by Crippen LogP contribution is 2.20. The average Bonchev–Trinajstić information content (AvgIpc) is 2.34. The van der Waals surface area contributed by atoms with Crippen molar-refractivity contribution in [1.82, 2.24) is 4.90 Å². The third-order valence-corrected chi connectivity index (χ3v) is 2.65. The minimum absolute atomic E-state index is 0.0273. The largest absolute Gasteiger partial charge is 0.508 e. The van der Waals surface area contributed by atoms with Crippen molar-refractivity contribution >= 4 is 11.9 Å². The highest BCUT2D eigenvalue weighted by molar-refractivity contribution is 5.81. The number of rotatable bonds is 6. The van der Waals surface area contributed by atoms with Crippen LogP contribution in [-0.2, 0) is 16.0 Å². The summed E-state index contributed by atoms with van der Waals surface area (Å²) in [7, 11) is 0. The van der Waals surface area contributed by atoms with Crippen LogP contribution in [0.25, 0.3) is 0 Å². The Morgan fingerprint density at radius 3 is 2.33 bits per heavy atom. The van der Waals surface area contributed by atoms with Crippen LogP contribution in [0.15, 0.2) is 24.3 Å². The van der Waals surface area contributed by atoms with Crippen LogP contribution < -0.4 is 0 Å². The van der Waals surface area contributed by atoms with Gasteiger partial charge in [-0.1, -0.05) is 18.2 Å². The topological polar surface area (TPSA) is 77.8 Å². The van der Waals surface area contributed by atoms with Crippen molar-refractivity contribution in [3.8, 4) is 5.75 Å². The molecular weight excluding hydrogens is 291 g/mol. The lowest BCUT2D eigenvalue weighted by molar-refractivity contribution is -0.165. The van der Waals surface area contributed by atoms with Crippen molar-refractivity contribution in [2.45, 2.75) is 19.0 Å². The van der Waals surface area contributed by atoms with Gasteiger partial charge in [0.15, 0.2) is 0 Å². The van der Waals surface area contributed by atoms with Gasteiger partial charge in [0.05, 0.1) is 0 Å². The van der Waals surface area contributed by atoms with Gasteiger partial charge in [0.2, 0.25) is 5.91 Å². The second kappa shape index (κ2) is 6.96. The van der Waals surface area contributed by atoms with Crippen LogP contribution in [0.5, 0.6) is 5.75 Å². The fourth-order valence-electron chi connectivity index (χ4n) is 1.73. The molecule has 8 heteroatoms. The summed E-state index contributed by atoms with van der Waals surface area (Å²) < 4.78 is 37.0. The maximum atomic E-state index is 12.3. The summed E-state index contributed by atoms with van der Waals surface area (Å²) in [6, 6.07) is 6.11. The number of amides is 1. The molecule has 2 N–H and O–H groups in total. The van der Waals surface area contributed by atoms with Gasteiger partial charge in [-0.3, -0.25) is 9.59 Å². The molecule has 0 saturated carbocycles. The molecule has 5 nitrogen and oxygen atoms in total. The number of hydrogen-bond acceptors (Lipinski definition) is 3. The second-order valence-electron chi connectivity index (χ2n) is 4.39. The van der Waals surface area contributed by atoms with Gasteiger partial charge >= 0.3 is 12.1 Å². The number of carbonyl (C=O) groups excluding carboxylic acids is 1. The molecule has 0 aliphatic carbocycles. The Bertz CT molecular complexity index is 516. The zero-order valence-electron chi connectivity index (χ0n) is 10.9. The monoisotopic (exact) mass is 305 g/mol. The highest BCUT2D eigenvalue weighted by atomic mass is 19.4. The van der Waals surface area contributed by atoms with E-state index in [1.807, 2.05) is 0 Å². The predicted octanol–water partition coefficient (Wildman–Crippen LogP) is 1.80. The zero-order valence-corrected chi connectivity index (χ0v) is 10.9. The van der Waals surface area contributed by atoms with Crippen LogP contribution in [0, 0.1) is 0 Å². The van der Waals surface area contributed by atoms with Crippen LogP contribution in [-0.4, -0.2) is 46.3 Å². The molecule has 0 aliphatic rings. The van der Waals surface area contributed by atoms with Crippen LogP contribution in [0.4, 0.5) is 13.2 Å². The minimum atomic E-state index is -4.67. The van der Waals surface area contributed by atoms with E-state index in [1.165, 1.54) is 12.1 Å². The highest BCUT2D eigenvalue weighted by Gasteiger charge is 2.33. The molecule has 0 atom stereocenters. The molecule has 21 heavy (non-hydrogen) atoms. The number of nitrogens with zero attached hydrogens (tertiary/aromatic N) is 1. The molecule has 1 aromatic carbocycles. The van der Waals surface area contributed by atoms with E-state index in [0.29, 0.717) is 5.56 Å². The molecule has 0 aliphatic heterocycles. The predicted molar refractivity (Wildman–Crippen MR) is 66.7 cm³/mol. The van der Waals surface area contributed by atoms with Gasteiger partial charge < -0.3 is 15.1 Å². The summed E-state index contributed by atoms with van der Waals surface area (Å²) in [5.74, 6) is -2.51. The Morgan fingerprint density at radius 1 is 1.19 bits per heavy atom. The number of carbonyl (C=O) groups is 2. The third kappa shape index (κ3) is 6.15. The molecule has 0 unspecified atom stereocenters. The fraction of sp³-hybridized carbons (Fsp3) is 0.385. The molecule has 1 rings (SSSR count). The molecule has 0 fully saturated rings. The maximum Gasteiger partial charge on any atom is 0.406 e. The number of carboxylic acids is 1. The summed E-state index contributed by atoms with van der Waals surface area (Å²) in [6.45, 7) is -2.63. The van der Waals surface area contributed by atoms with E-state index in [4.69, 9.17) is 5.11 Å². The number of phenols is 1. The first-order valence-electron chi connectivity index (χ1n) is 6.02. The lowest BCUT2D eigenvalue weighted by atomic mass is 10.1. The van der Waals surface area contributed by atoms with Crippen LogP contribution in [0.2, 0.25) is 0 Å². The summed E-state index contributed by atoms with van der Waals surface area (Å²) >= 11 is 0. The Balaban J connectivity index is 2.68. The Hall–Kier alpha value is -2.25. The number of hydrogen-bond donors (Lipinski definition) is 2. The number of aromatic hydroxyl groups is 1. The number of aryl methyl sites for hydroxylation is 1. The molecule has 0 radical (unpaired) electrons. The Kier molecular flexibility index (Phi) is 5.57. The van der Waals surface area contributed by atoms with E-state index < -0.39 is 31.1 Å². The summed E-state index contributed by atoms with van der Waals surface area (Å²) in [5.41, 5.74) is 0.410. The SMILES string of the molecule is O=C(O)CN(CC(F)(F)F)C(=O)CCc1ccccc1O. The van der Waals surface area contributed by atoms with E-state index >= 15 is 0 Å². The molecule has 0 aromatic heterocycles. The first kappa shape index (κ1) is 16.8.